The van der Waals surface area contributed by atoms with Crippen LogP contribution in [0.25, 0.3) is 0 Å². The number of amides is 2. The molecule has 0 saturated carbocycles. The van der Waals surface area contributed by atoms with E-state index in [0.29, 0.717) is 0 Å². The molecule has 5 nitrogen and oxygen atoms in total. The molecule has 1 atom stereocenters. The van der Waals surface area contributed by atoms with Gasteiger partial charge in [0.15, 0.2) is 0 Å². The van der Waals surface area contributed by atoms with E-state index in [1.54, 1.807) is 24.5 Å². The summed E-state index contributed by atoms with van der Waals surface area (Å²) in [5, 5.41) is 2.75. The highest BCUT2D eigenvalue weighted by molar-refractivity contribution is 6.34. The van der Waals surface area contributed by atoms with E-state index in [0.717, 1.165) is 28.7 Å². The van der Waals surface area contributed by atoms with Crippen molar-refractivity contribution in [3.63, 3.8) is 0 Å². The standard InChI is InChI=1S/C18H15ClF3N3O2/c19-14-2-1-13(18(20,21)22)8-15(14)25-10-12(7-16(25)26)17(27)24-9-11-3-5-23-6-4-11/h1-6,8,12H,7,9-10H2,(H,24,27). The second kappa shape index (κ2) is 7.56. The topological polar surface area (TPSA) is 62.3 Å². The zero-order chi connectivity index (χ0) is 19.6. The summed E-state index contributed by atoms with van der Waals surface area (Å²) >= 11 is 5.99. The molecule has 1 saturated heterocycles. The summed E-state index contributed by atoms with van der Waals surface area (Å²) in [7, 11) is 0. The lowest BCUT2D eigenvalue weighted by atomic mass is 10.1. The Morgan fingerprint density at radius 1 is 1.26 bits per heavy atom. The fourth-order valence-electron chi connectivity index (χ4n) is 2.85. The number of pyridine rings is 1. The first-order chi connectivity index (χ1) is 12.8. The Morgan fingerprint density at radius 3 is 2.63 bits per heavy atom. The lowest BCUT2D eigenvalue weighted by Crippen LogP contribution is -2.32. The third kappa shape index (κ3) is 4.39. The van der Waals surface area contributed by atoms with E-state index in [-0.39, 0.29) is 36.1 Å². The SMILES string of the molecule is O=C(NCc1ccncc1)C1CC(=O)N(c2cc(C(F)(F)F)ccc2Cl)C1. The zero-order valence-corrected chi connectivity index (χ0v) is 14.7. The maximum atomic E-state index is 12.9. The number of hydrogen-bond donors (Lipinski definition) is 1. The van der Waals surface area contributed by atoms with Gasteiger partial charge in [-0.2, -0.15) is 13.2 Å². The van der Waals surface area contributed by atoms with Crippen molar-refractivity contribution in [3.05, 3.63) is 58.9 Å². The number of alkyl halides is 3. The average Bonchev–Trinajstić information content (AvgIpc) is 3.01. The zero-order valence-electron chi connectivity index (χ0n) is 14.0. The van der Waals surface area contributed by atoms with Gasteiger partial charge in [0, 0.05) is 31.9 Å². The predicted molar refractivity (Wildman–Crippen MR) is 93.0 cm³/mol. The van der Waals surface area contributed by atoms with Gasteiger partial charge >= 0.3 is 6.18 Å². The molecular weight excluding hydrogens is 383 g/mol. The first-order valence-electron chi connectivity index (χ1n) is 8.09. The number of benzene rings is 1. The maximum absolute atomic E-state index is 12.9. The van der Waals surface area contributed by atoms with E-state index < -0.39 is 23.6 Å². The van der Waals surface area contributed by atoms with E-state index in [1.165, 1.54) is 0 Å². The van der Waals surface area contributed by atoms with Crippen LogP contribution < -0.4 is 10.2 Å². The van der Waals surface area contributed by atoms with E-state index in [2.05, 4.69) is 10.3 Å². The van der Waals surface area contributed by atoms with Gasteiger partial charge in [-0.15, -0.1) is 0 Å². The fraction of sp³-hybridized carbons (Fsp3) is 0.278. The van der Waals surface area contributed by atoms with Crippen molar-refractivity contribution in [1.82, 2.24) is 10.3 Å². The number of carbonyl (C=O) groups excluding carboxylic acids is 2. The second-order valence-electron chi connectivity index (χ2n) is 6.14. The Labute approximate surface area is 158 Å². The first kappa shape index (κ1) is 19.2. The number of anilines is 1. The van der Waals surface area contributed by atoms with Crippen LogP contribution in [-0.4, -0.2) is 23.3 Å². The summed E-state index contributed by atoms with van der Waals surface area (Å²) in [4.78, 5) is 29.6. The molecule has 0 spiro atoms. The summed E-state index contributed by atoms with van der Waals surface area (Å²) in [5.41, 5.74) is -0.0957. The largest absolute Gasteiger partial charge is 0.416 e. The Kier molecular flexibility index (Phi) is 5.36. The van der Waals surface area contributed by atoms with Gasteiger partial charge < -0.3 is 10.2 Å². The van der Waals surface area contributed by atoms with Crippen molar-refractivity contribution in [2.45, 2.75) is 19.1 Å². The van der Waals surface area contributed by atoms with Crippen LogP contribution in [0.1, 0.15) is 17.5 Å². The summed E-state index contributed by atoms with van der Waals surface area (Å²) in [5.74, 6) is -1.45. The number of hydrogen-bond acceptors (Lipinski definition) is 3. The van der Waals surface area contributed by atoms with Crippen molar-refractivity contribution < 1.29 is 22.8 Å². The number of rotatable bonds is 4. The number of aromatic nitrogens is 1. The van der Waals surface area contributed by atoms with Crippen molar-refractivity contribution in [2.75, 3.05) is 11.4 Å². The average molecular weight is 398 g/mol. The molecule has 3 rings (SSSR count). The van der Waals surface area contributed by atoms with Gasteiger partial charge in [0.05, 0.1) is 22.2 Å². The summed E-state index contributed by atoms with van der Waals surface area (Å²) in [6, 6.07) is 6.27. The van der Waals surface area contributed by atoms with Crippen molar-refractivity contribution in [1.29, 1.82) is 0 Å². The third-order valence-electron chi connectivity index (χ3n) is 4.28. The Balaban J connectivity index is 1.71. The molecule has 0 bridgehead atoms. The number of halogens is 4. The minimum absolute atomic E-state index is 0.0224. The van der Waals surface area contributed by atoms with Crippen LogP contribution in [-0.2, 0) is 22.3 Å². The smallest absolute Gasteiger partial charge is 0.352 e. The first-order valence-corrected chi connectivity index (χ1v) is 8.47. The van der Waals surface area contributed by atoms with Gasteiger partial charge in [-0.25, -0.2) is 0 Å². The molecule has 1 aromatic carbocycles. The summed E-state index contributed by atoms with van der Waals surface area (Å²) in [6.07, 6.45) is -1.45. The monoisotopic (exact) mass is 397 g/mol. The van der Waals surface area contributed by atoms with Crippen molar-refractivity contribution >= 4 is 29.1 Å². The van der Waals surface area contributed by atoms with Crippen LogP contribution in [0.2, 0.25) is 5.02 Å². The molecule has 1 aliphatic heterocycles. The van der Waals surface area contributed by atoms with Crippen LogP contribution in [0.3, 0.4) is 0 Å². The van der Waals surface area contributed by atoms with Crippen LogP contribution >= 0.6 is 11.6 Å². The normalized spacial score (nSPS) is 17.3. The van der Waals surface area contributed by atoms with E-state index in [1.807, 2.05) is 0 Å². The summed E-state index contributed by atoms with van der Waals surface area (Å²) in [6.45, 7) is 0.248. The quantitative estimate of drug-likeness (QED) is 0.859. The van der Waals surface area contributed by atoms with Crippen molar-refractivity contribution in [2.24, 2.45) is 5.92 Å². The molecule has 9 heteroatoms. The van der Waals surface area contributed by atoms with Gasteiger partial charge in [0.1, 0.15) is 0 Å². The van der Waals surface area contributed by atoms with Gasteiger partial charge in [-0.1, -0.05) is 11.6 Å². The molecule has 1 fully saturated rings. The molecule has 142 valence electrons. The van der Waals surface area contributed by atoms with E-state index in [9.17, 15) is 22.8 Å². The molecule has 0 aliphatic carbocycles. The van der Waals surface area contributed by atoms with Gasteiger partial charge in [0.25, 0.3) is 0 Å². The van der Waals surface area contributed by atoms with Crippen molar-refractivity contribution in [3.8, 4) is 0 Å². The lowest BCUT2D eigenvalue weighted by molar-refractivity contribution is -0.137. The number of carbonyl (C=O) groups is 2. The highest BCUT2D eigenvalue weighted by Gasteiger charge is 2.37. The highest BCUT2D eigenvalue weighted by atomic mass is 35.5. The highest BCUT2D eigenvalue weighted by Crippen LogP contribution is 2.37. The molecule has 1 N–H and O–H groups in total. The molecular formula is C18H15ClF3N3O2. The number of nitrogens with one attached hydrogen (secondary N) is 1. The lowest BCUT2D eigenvalue weighted by Gasteiger charge is -2.20. The minimum atomic E-state index is -4.55. The molecule has 1 aliphatic rings. The third-order valence-corrected chi connectivity index (χ3v) is 4.60. The van der Waals surface area contributed by atoms with Crippen LogP contribution in [0.5, 0.6) is 0 Å². The molecule has 2 heterocycles. The van der Waals surface area contributed by atoms with Gasteiger partial charge in [-0.05, 0) is 35.9 Å². The maximum Gasteiger partial charge on any atom is 0.416 e. The molecule has 2 amide bonds. The van der Waals surface area contributed by atoms with Gasteiger partial charge in [0.2, 0.25) is 11.8 Å². The van der Waals surface area contributed by atoms with Crippen LogP contribution in [0.4, 0.5) is 18.9 Å². The Morgan fingerprint density at radius 2 is 1.96 bits per heavy atom. The second-order valence-corrected chi connectivity index (χ2v) is 6.55. The predicted octanol–water partition coefficient (Wildman–Crippen LogP) is 3.42. The molecule has 27 heavy (non-hydrogen) atoms. The van der Waals surface area contributed by atoms with Crippen LogP contribution in [0.15, 0.2) is 42.7 Å². The van der Waals surface area contributed by atoms with Crippen LogP contribution in [0, 0.1) is 5.92 Å². The van der Waals surface area contributed by atoms with E-state index >= 15 is 0 Å². The molecule has 1 unspecified atom stereocenters. The fourth-order valence-corrected chi connectivity index (χ4v) is 3.07. The minimum Gasteiger partial charge on any atom is -0.352 e. The molecule has 1 aromatic heterocycles. The van der Waals surface area contributed by atoms with E-state index in [4.69, 9.17) is 11.6 Å². The molecule has 0 radical (unpaired) electrons. The summed E-state index contributed by atoms with van der Waals surface area (Å²) < 4.78 is 38.8. The molecule has 2 aromatic rings. The Hall–Kier alpha value is -2.61. The Bertz CT molecular complexity index is 859. The van der Waals surface area contributed by atoms with Gasteiger partial charge in [-0.3, -0.25) is 14.6 Å². The number of nitrogens with zero attached hydrogens (tertiary/aromatic N) is 2.